The second kappa shape index (κ2) is 10.3. The van der Waals surface area contributed by atoms with Crippen LogP contribution in [0.1, 0.15) is 11.1 Å². The van der Waals surface area contributed by atoms with Gasteiger partial charge in [0.2, 0.25) is 0 Å². The minimum Gasteiger partial charge on any atom is -0.873 e. The highest BCUT2D eigenvalue weighted by Gasteiger charge is 2.16. The molecule has 0 aliphatic carbocycles. The first-order chi connectivity index (χ1) is 19.5. The van der Waals surface area contributed by atoms with Crippen LogP contribution in [0.4, 0.5) is 11.4 Å². The van der Waals surface area contributed by atoms with Gasteiger partial charge in [-0.1, -0.05) is 97.1 Å². The summed E-state index contributed by atoms with van der Waals surface area (Å²) in [6.45, 7) is 0. The third kappa shape index (κ3) is 4.48. The van der Waals surface area contributed by atoms with E-state index in [9.17, 15) is 20.4 Å². The summed E-state index contributed by atoms with van der Waals surface area (Å²) in [6.07, 6.45) is 2.82. The second-order valence-electron chi connectivity index (χ2n) is 9.23. The van der Waals surface area contributed by atoms with E-state index in [0.717, 1.165) is 32.7 Å². The maximum Gasteiger partial charge on any atom is 0.0715 e. The minimum atomic E-state index is -0.613. The van der Waals surface area contributed by atoms with Gasteiger partial charge in [-0.2, -0.15) is 0 Å². The summed E-state index contributed by atoms with van der Waals surface area (Å²) in [5.74, 6) is -2.40. The van der Waals surface area contributed by atoms with E-state index in [2.05, 4.69) is 9.98 Å². The highest BCUT2D eigenvalue weighted by atomic mass is 16.3. The van der Waals surface area contributed by atoms with Gasteiger partial charge in [0, 0.05) is 23.6 Å². The molecular formula is C34H20N2O4-4. The average molecular weight is 521 g/mol. The van der Waals surface area contributed by atoms with Crippen LogP contribution < -0.4 is 20.4 Å². The summed E-state index contributed by atoms with van der Waals surface area (Å²) in [7, 11) is 0. The Morgan fingerprint density at radius 1 is 0.425 bits per heavy atom. The first kappa shape index (κ1) is 24.7. The van der Waals surface area contributed by atoms with Crippen molar-refractivity contribution in [1.29, 1.82) is 0 Å². The zero-order valence-corrected chi connectivity index (χ0v) is 21.1. The van der Waals surface area contributed by atoms with E-state index < -0.39 is 23.0 Å². The molecule has 6 rings (SSSR count). The molecule has 0 unspecified atom stereocenters. The van der Waals surface area contributed by atoms with Gasteiger partial charge in [0.25, 0.3) is 0 Å². The number of fused-ring (bicyclic) bond motifs is 2. The minimum absolute atomic E-state index is 0.197. The molecule has 194 valence electrons. The predicted molar refractivity (Wildman–Crippen MR) is 152 cm³/mol. The van der Waals surface area contributed by atoms with Gasteiger partial charge < -0.3 is 20.4 Å². The Morgan fingerprint density at radius 3 is 1.30 bits per heavy atom. The highest BCUT2D eigenvalue weighted by molar-refractivity contribution is 6.13. The monoisotopic (exact) mass is 520 g/mol. The van der Waals surface area contributed by atoms with Gasteiger partial charge in [0.1, 0.15) is 0 Å². The summed E-state index contributed by atoms with van der Waals surface area (Å²) in [5.41, 5.74) is 3.11. The second-order valence-corrected chi connectivity index (χ2v) is 9.23. The summed E-state index contributed by atoms with van der Waals surface area (Å²) in [4.78, 5) is 9.38. The molecule has 0 amide bonds. The van der Waals surface area contributed by atoms with Crippen LogP contribution in [0.2, 0.25) is 0 Å². The van der Waals surface area contributed by atoms with E-state index in [0.29, 0.717) is 11.4 Å². The first-order valence-corrected chi connectivity index (χ1v) is 12.6. The molecule has 0 saturated heterocycles. The smallest absolute Gasteiger partial charge is 0.0715 e. The molecule has 6 nitrogen and oxygen atoms in total. The van der Waals surface area contributed by atoms with E-state index in [1.54, 1.807) is 12.1 Å². The van der Waals surface area contributed by atoms with E-state index in [-0.39, 0.29) is 11.1 Å². The van der Waals surface area contributed by atoms with E-state index in [1.165, 1.54) is 36.7 Å². The quantitative estimate of drug-likeness (QED) is 0.281. The predicted octanol–water partition coefficient (Wildman–Crippen LogP) is 5.46. The van der Waals surface area contributed by atoms with Gasteiger partial charge in [-0.25, -0.2) is 0 Å². The van der Waals surface area contributed by atoms with Gasteiger partial charge in [0.15, 0.2) is 0 Å². The third-order valence-electron chi connectivity index (χ3n) is 6.77. The molecule has 6 aromatic rings. The maximum absolute atomic E-state index is 12.4. The maximum atomic E-state index is 12.4. The summed E-state index contributed by atoms with van der Waals surface area (Å²) >= 11 is 0. The summed E-state index contributed by atoms with van der Waals surface area (Å²) in [6, 6.07) is 32.1. The normalized spacial score (nSPS) is 11.7. The molecule has 6 aromatic carbocycles. The van der Waals surface area contributed by atoms with Crippen molar-refractivity contribution in [2.75, 3.05) is 0 Å². The zero-order chi connectivity index (χ0) is 27.6. The Morgan fingerprint density at radius 2 is 0.850 bits per heavy atom. The lowest BCUT2D eigenvalue weighted by molar-refractivity contribution is -0.317. The molecule has 0 saturated carbocycles. The fourth-order valence-corrected chi connectivity index (χ4v) is 4.81. The number of aliphatic imine (C=N–C) groups is 2. The van der Waals surface area contributed by atoms with Crippen LogP contribution in [-0.2, 0) is 0 Å². The molecule has 0 aliphatic rings. The van der Waals surface area contributed by atoms with Gasteiger partial charge in [-0.3, -0.25) is 9.98 Å². The number of hydrogen-bond donors (Lipinski definition) is 0. The average Bonchev–Trinajstić information content (AvgIpc) is 2.98. The topological polar surface area (TPSA) is 117 Å². The Hall–Kier alpha value is -5.62. The molecule has 40 heavy (non-hydrogen) atoms. The van der Waals surface area contributed by atoms with Crippen molar-refractivity contribution in [3.8, 4) is 34.1 Å². The molecular weight excluding hydrogens is 500 g/mol. The lowest BCUT2D eigenvalue weighted by atomic mass is 9.91. The van der Waals surface area contributed by atoms with Crippen molar-refractivity contribution in [3.63, 3.8) is 0 Å². The summed E-state index contributed by atoms with van der Waals surface area (Å²) in [5, 5.41) is 52.4. The van der Waals surface area contributed by atoms with Crippen LogP contribution in [0.15, 0.2) is 119 Å². The number of rotatable bonds is 5. The molecule has 0 aromatic heterocycles. The fraction of sp³-hybridized carbons (Fsp3) is 0. The number of para-hydroxylation sites is 2. The zero-order valence-electron chi connectivity index (χ0n) is 21.1. The number of benzene rings is 6. The van der Waals surface area contributed by atoms with Gasteiger partial charge >= 0.3 is 0 Å². The van der Waals surface area contributed by atoms with Crippen molar-refractivity contribution in [1.82, 2.24) is 0 Å². The van der Waals surface area contributed by atoms with Crippen LogP contribution >= 0.6 is 0 Å². The number of hydrogen-bond acceptors (Lipinski definition) is 6. The molecule has 0 N–H and O–H groups in total. The molecule has 0 radical (unpaired) electrons. The number of nitrogens with zero attached hydrogens (tertiary/aromatic N) is 2. The molecule has 6 heteroatoms. The van der Waals surface area contributed by atoms with Gasteiger partial charge in [0.05, 0.1) is 11.4 Å². The van der Waals surface area contributed by atoms with Crippen molar-refractivity contribution >= 4 is 45.3 Å². The third-order valence-corrected chi connectivity index (χ3v) is 6.77. The molecule has 0 fully saturated rings. The first-order valence-electron chi connectivity index (χ1n) is 12.6. The van der Waals surface area contributed by atoms with Crippen molar-refractivity contribution in [3.05, 3.63) is 120 Å². The van der Waals surface area contributed by atoms with Crippen molar-refractivity contribution < 1.29 is 20.4 Å². The van der Waals surface area contributed by atoms with E-state index >= 15 is 0 Å². The lowest BCUT2D eigenvalue weighted by Gasteiger charge is -2.20. The molecule has 0 spiro atoms. The van der Waals surface area contributed by atoms with Crippen LogP contribution in [0, 0.1) is 0 Å². The Labute approximate surface area is 230 Å². The van der Waals surface area contributed by atoms with Crippen molar-refractivity contribution in [2.45, 2.75) is 0 Å². The standard InChI is InChI=1S/C34H24N2O4/c37-29-13-5-9-23(33(29)39)19-35-27-17-15-21-7-1-3-11-25(21)31(27)32-26-12-4-2-8-22(26)16-18-28(32)36-20-24-10-6-14-30(38)34(24)40/h1-20,37-40H/p-4. The highest BCUT2D eigenvalue weighted by Crippen LogP contribution is 2.45. The van der Waals surface area contributed by atoms with Gasteiger partial charge in [-0.05, 0) is 44.8 Å². The molecule has 0 aliphatic heterocycles. The SMILES string of the molecule is [O-]c1cccc(C=Nc2ccc3ccccc3c2-c2c(N=Cc3cccc([O-])c3[O-])ccc3ccccc23)c1[O-]. The Bertz CT molecular complexity index is 1820. The molecule has 0 bridgehead atoms. The van der Waals surface area contributed by atoms with Crippen LogP contribution in [0.5, 0.6) is 23.0 Å². The fourth-order valence-electron chi connectivity index (χ4n) is 4.81. The van der Waals surface area contributed by atoms with Gasteiger partial charge in [-0.15, -0.1) is 23.0 Å². The Balaban J connectivity index is 1.63. The van der Waals surface area contributed by atoms with Crippen LogP contribution in [0.25, 0.3) is 32.7 Å². The largest absolute Gasteiger partial charge is 0.873 e. The lowest BCUT2D eigenvalue weighted by Crippen LogP contribution is -2.02. The van der Waals surface area contributed by atoms with Crippen molar-refractivity contribution in [2.24, 2.45) is 9.98 Å². The van der Waals surface area contributed by atoms with Crippen LogP contribution in [0.3, 0.4) is 0 Å². The van der Waals surface area contributed by atoms with E-state index in [1.807, 2.05) is 72.8 Å². The molecule has 0 heterocycles. The Kier molecular flexibility index (Phi) is 6.34. The molecule has 0 atom stereocenters. The summed E-state index contributed by atoms with van der Waals surface area (Å²) < 4.78 is 0. The van der Waals surface area contributed by atoms with E-state index in [4.69, 9.17) is 0 Å². The van der Waals surface area contributed by atoms with Crippen LogP contribution in [-0.4, -0.2) is 12.4 Å².